The van der Waals surface area contributed by atoms with Crippen molar-refractivity contribution in [2.24, 2.45) is 0 Å². The molecule has 0 amide bonds. The molecule has 0 rings (SSSR count). The maximum absolute atomic E-state index is 8.88. The molecule has 0 bridgehead atoms. The Bertz CT molecular complexity index is 158. The van der Waals surface area contributed by atoms with Gasteiger partial charge in [-0.1, -0.05) is 0 Å². The van der Waals surface area contributed by atoms with Gasteiger partial charge in [-0.15, -0.1) is 0 Å². The van der Waals surface area contributed by atoms with E-state index in [1.54, 1.807) is 0 Å². The summed E-state index contributed by atoms with van der Waals surface area (Å²) in [5, 5.41) is 53.1. The van der Waals surface area contributed by atoms with E-state index >= 15 is 0 Å². The van der Waals surface area contributed by atoms with Gasteiger partial charge in [-0.2, -0.15) is 0 Å². The molecule has 0 saturated heterocycles. The third-order valence-corrected chi connectivity index (χ3v) is 0. The zero-order valence-corrected chi connectivity index (χ0v) is 10.9. The molecule has 0 aliphatic heterocycles. The topological polar surface area (TPSA) is 242 Å². The van der Waals surface area contributed by atoms with Crippen molar-refractivity contribution < 1.29 is 54.7 Å². The quantitative estimate of drug-likeness (QED) is 0.311. The standard InChI is InChI=1S/3NO3.NO2.Th/c3*2-1(3)4;2-1-3;/q3*-1;;+3. The van der Waals surface area contributed by atoms with Gasteiger partial charge in [0.05, 0.1) is 15.3 Å². The fraction of sp³-hybridized carbons (Fsp3) is 0. The molecule has 0 aliphatic carbocycles. The summed E-state index contributed by atoms with van der Waals surface area (Å²) in [4.78, 5) is 33.6. The minimum atomic E-state index is -1.75. The zero-order valence-electron chi connectivity index (χ0n) is 6.78. The van der Waals surface area contributed by atoms with Crippen molar-refractivity contribution in [3.63, 3.8) is 0 Å². The first-order valence-electron chi connectivity index (χ1n) is 2.23. The van der Waals surface area contributed by atoms with E-state index in [9.17, 15) is 0 Å². The van der Waals surface area contributed by atoms with Crippen LogP contribution >= 0.6 is 0 Å². The number of nitro groups is 1. The van der Waals surface area contributed by atoms with Crippen molar-refractivity contribution in [2.45, 2.75) is 0 Å². The van der Waals surface area contributed by atoms with E-state index in [2.05, 4.69) is 0 Å². The van der Waals surface area contributed by atoms with Crippen LogP contribution in [0.25, 0.3) is 0 Å². The first-order chi connectivity index (χ1) is 6.93. The Hall–Kier alpha value is -1.68. The average molecular weight is 464 g/mol. The Balaban J connectivity index is -0.0000000600. The molecule has 0 saturated carbocycles. The first kappa shape index (κ1) is 23.9. The number of hydrogen-bond donors (Lipinski definition) is 0. The molecule has 0 unspecified atom stereocenters. The monoisotopic (exact) mass is 464 g/mol. The van der Waals surface area contributed by atoms with Gasteiger partial charge in [0.1, 0.15) is 0 Å². The van der Waals surface area contributed by atoms with Crippen LogP contribution in [0.2, 0.25) is 0 Å². The molecule has 0 N–H and O–H groups in total. The Morgan fingerprint density at radius 2 is 0.562 bits per heavy atom. The van der Waals surface area contributed by atoms with E-state index in [0.29, 0.717) is 0 Å². The second kappa shape index (κ2) is 19.0. The van der Waals surface area contributed by atoms with Crippen LogP contribution < -0.4 is 0 Å². The van der Waals surface area contributed by atoms with Gasteiger partial charge in [0.25, 0.3) is 0 Å². The zero-order chi connectivity index (χ0) is 14.3. The van der Waals surface area contributed by atoms with Crippen molar-refractivity contribution in [1.82, 2.24) is 0 Å². The molecular weight excluding hydrogens is 464 g/mol. The van der Waals surface area contributed by atoms with Crippen LogP contribution in [-0.4, -0.2) is 16.4 Å². The second-order valence-corrected chi connectivity index (χ2v) is 2.43. The number of rotatable bonds is 0. The van der Waals surface area contributed by atoms with Gasteiger partial charge in [0.2, 0.25) is 0 Å². The van der Waals surface area contributed by atoms with E-state index in [0.717, 1.165) is 0 Å². The molecule has 0 spiro atoms. The summed E-state index contributed by atoms with van der Waals surface area (Å²) >= 11 is -0.103. The molecule has 15 nitrogen and oxygen atoms in total. The summed E-state index contributed by atoms with van der Waals surface area (Å²) in [7, 11) is 0. The molecule has 0 aromatic rings. The summed E-state index contributed by atoms with van der Waals surface area (Å²) in [5.41, 5.74) is 0. The molecular formula is N4O11Th. The summed E-state index contributed by atoms with van der Waals surface area (Å²) in [5.74, 6) is 0. The Morgan fingerprint density at radius 1 is 0.562 bits per heavy atom. The van der Waals surface area contributed by atoms with Crippen molar-refractivity contribution in [3.05, 3.63) is 56.1 Å². The summed E-state index contributed by atoms with van der Waals surface area (Å²) < 4.78 is -0.332. The molecule has 0 fully saturated rings. The Kier molecular flexibility index (Phi) is 28.3. The van der Waals surface area contributed by atoms with Crippen LogP contribution in [0.1, 0.15) is 0 Å². The molecule has 16 heteroatoms. The van der Waals surface area contributed by atoms with Gasteiger partial charge >= 0.3 is 49.5 Å². The number of hydrogen-bond acceptors (Lipinski definition) is 11. The molecule has 16 heavy (non-hydrogen) atoms. The average Bonchev–Trinajstić information content (AvgIpc) is 1.76. The van der Waals surface area contributed by atoms with Crippen molar-refractivity contribution in [2.75, 3.05) is 0 Å². The molecule has 0 radical (unpaired) electrons. The molecule has 0 aromatic heterocycles. The molecule has 0 atom stereocenters. The van der Waals surface area contributed by atoms with Gasteiger partial charge in [0, 0.05) is 0 Å². The van der Waals surface area contributed by atoms with Gasteiger partial charge in [0.15, 0.2) is 0 Å². The van der Waals surface area contributed by atoms with Gasteiger partial charge in [-0.3, -0.25) is 0 Å². The second-order valence-electron chi connectivity index (χ2n) is 0.928. The molecule has 0 heterocycles. The summed E-state index contributed by atoms with van der Waals surface area (Å²) in [6.45, 7) is 0. The van der Waals surface area contributed by atoms with E-state index in [1.807, 2.05) is 0 Å². The Morgan fingerprint density at radius 3 is 0.562 bits per heavy atom. The molecule has 90 valence electrons. The molecule has 0 aliphatic rings. The van der Waals surface area contributed by atoms with Crippen LogP contribution in [-0.2, 0) is 0 Å². The number of nitrogens with zero attached hydrogens (tertiary/aromatic N) is 4. The third-order valence-electron chi connectivity index (χ3n) is 0. The maximum atomic E-state index is 8.88. The fourth-order valence-electron chi connectivity index (χ4n) is 0. The fourth-order valence-corrected chi connectivity index (χ4v) is 0. The molecule has 0 aromatic carbocycles. The summed E-state index contributed by atoms with van der Waals surface area (Å²) in [6.07, 6.45) is 0. The normalized spacial score (nSPS) is 6.12. The third kappa shape index (κ3) is 563. The SMILES string of the molecule is O=[N+]([O-])[O-].O=[N+]([O-])[O-].O=[N+]([O-])[O-].O=[N+]([O-])[Th+3]. The van der Waals surface area contributed by atoms with Crippen LogP contribution in [0, 0.1) is 94.4 Å². The summed E-state index contributed by atoms with van der Waals surface area (Å²) in [6, 6.07) is 0. The van der Waals surface area contributed by atoms with Crippen molar-refractivity contribution in [1.29, 1.82) is 0 Å². The van der Waals surface area contributed by atoms with E-state index < -0.39 is 15.3 Å². The van der Waals surface area contributed by atoms with Gasteiger partial charge in [-0.05, 0) is 0 Å². The van der Waals surface area contributed by atoms with Crippen molar-refractivity contribution in [3.8, 4) is 0 Å². The van der Waals surface area contributed by atoms with Crippen LogP contribution in [0.5, 0.6) is 0 Å². The van der Waals surface area contributed by atoms with E-state index in [1.165, 1.54) is 0 Å². The van der Waals surface area contributed by atoms with Crippen molar-refractivity contribution >= 4 is 0 Å². The predicted molar refractivity (Wildman–Crippen MR) is 38.1 cm³/mol. The van der Waals surface area contributed by atoms with Gasteiger partial charge in [-0.25, -0.2) is 0 Å². The minimum absolute atomic E-state index is 0.103. The van der Waals surface area contributed by atoms with Crippen LogP contribution in [0.3, 0.4) is 0 Å². The Labute approximate surface area is 110 Å². The van der Waals surface area contributed by atoms with E-state index in [4.69, 9.17) is 56.1 Å². The van der Waals surface area contributed by atoms with Crippen LogP contribution in [0.15, 0.2) is 0 Å². The first-order valence-corrected chi connectivity index (χ1v) is 4.07. The van der Waals surface area contributed by atoms with Gasteiger partial charge < -0.3 is 46.0 Å². The van der Waals surface area contributed by atoms with E-state index in [-0.39, 0.29) is 39.4 Å². The van der Waals surface area contributed by atoms with Crippen LogP contribution in [0.4, 0.5) is 0 Å². The predicted octanol–water partition coefficient (Wildman–Crippen LogP) is -0.990.